The van der Waals surface area contributed by atoms with Gasteiger partial charge in [-0.15, -0.1) is 0 Å². The van der Waals surface area contributed by atoms with E-state index in [0.717, 1.165) is 28.7 Å². The molecule has 132 valence electrons. The zero-order valence-electron chi connectivity index (χ0n) is 14.1. The number of carbonyl (C=O) groups is 1. The third-order valence-corrected chi connectivity index (χ3v) is 5.21. The van der Waals surface area contributed by atoms with Gasteiger partial charge in [-0.3, -0.25) is 4.79 Å². The molecule has 1 aliphatic carbocycles. The number of hydrogen-bond donors (Lipinski definition) is 1. The molecule has 0 fully saturated rings. The summed E-state index contributed by atoms with van der Waals surface area (Å²) in [4.78, 5) is 18.2. The summed E-state index contributed by atoms with van der Waals surface area (Å²) in [7, 11) is 0. The van der Waals surface area contributed by atoms with Gasteiger partial charge in [0.1, 0.15) is 12.3 Å². The van der Waals surface area contributed by atoms with Crippen LogP contribution in [0.2, 0.25) is 10.0 Å². The molecule has 4 nitrogen and oxygen atoms in total. The molecular weight excluding hydrogens is 371 g/mol. The van der Waals surface area contributed by atoms with Crippen LogP contribution >= 0.6 is 23.2 Å². The molecule has 0 saturated heterocycles. The summed E-state index contributed by atoms with van der Waals surface area (Å²) in [6.45, 7) is 2.55. The summed E-state index contributed by atoms with van der Waals surface area (Å²) in [5.41, 5.74) is 5.65. The first-order valence-electron chi connectivity index (χ1n) is 8.42. The highest BCUT2D eigenvalue weighted by molar-refractivity contribution is 6.44. The quantitative estimate of drug-likeness (QED) is 0.453. The molecule has 6 heteroatoms. The van der Waals surface area contributed by atoms with Gasteiger partial charge in [0.2, 0.25) is 0 Å². The van der Waals surface area contributed by atoms with Crippen LogP contribution in [0.25, 0.3) is 5.57 Å². The smallest absolute Gasteiger partial charge is 0.256 e. The van der Waals surface area contributed by atoms with Gasteiger partial charge in [-0.2, -0.15) is 0 Å². The number of oxime groups is 1. The highest BCUT2D eigenvalue weighted by atomic mass is 35.5. The van der Waals surface area contributed by atoms with Crippen LogP contribution in [0.3, 0.4) is 0 Å². The minimum atomic E-state index is -0.177. The zero-order valence-corrected chi connectivity index (χ0v) is 15.6. The molecule has 1 heterocycles. The van der Waals surface area contributed by atoms with Gasteiger partial charge in [0.05, 0.1) is 21.3 Å². The Hall–Kier alpha value is -2.30. The Bertz CT molecular complexity index is 980. The number of hydrogen-bond acceptors (Lipinski definition) is 3. The molecule has 2 aliphatic rings. The van der Waals surface area contributed by atoms with Crippen molar-refractivity contribution in [2.45, 2.75) is 19.8 Å². The van der Waals surface area contributed by atoms with E-state index in [2.05, 4.69) is 10.5 Å². The summed E-state index contributed by atoms with van der Waals surface area (Å²) in [6, 6.07) is 11.4. The monoisotopic (exact) mass is 386 g/mol. The Labute approximate surface area is 161 Å². The van der Waals surface area contributed by atoms with Gasteiger partial charge < -0.3 is 10.2 Å². The van der Waals surface area contributed by atoms with Gasteiger partial charge in [0, 0.05) is 17.5 Å². The number of rotatable bonds is 3. The van der Waals surface area contributed by atoms with Gasteiger partial charge in [-0.25, -0.2) is 0 Å². The molecule has 0 aromatic heterocycles. The zero-order chi connectivity index (χ0) is 18.3. The normalized spacial score (nSPS) is 19.5. The first-order chi connectivity index (χ1) is 12.6. The highest BCUT2D eigenvalue weighted by Gasteiger charge is 2.34. The van der Waals surface area contributed by atoms with E-state index in [9.17, 15) is 4.79 Å². The van der Waals surface area contributed by atoms with E-state index in [1.54, 1.807) is 12.1 Å². The Balaban J connectivity index is 1.90. The third-order valence-electron chi connectivity index (χ3n) is 4.48. The molecule has 0 atom stereocenters. The maximum Gasteiger partial charge on any atom is 0.256 e. The van der Waals surface area contributed by atoms with Gasteiger partial charge in [0.25, 0.3) is 5.91 Å². The summed E-state index contributed by atoms with van der Waals surface area (Å²) in [5.74, 6) is -0.177. The Morgan fingerprint density at radius 2 is 1.92 bits per heavy atom. The molecule has 2 aromatic rings. The maximum absolute atomic E-state index is 12.7. The molecule has 1 N–H and O–H groups in total. The summed E-state index contributed by atoms with van der Waals surface area (Å²) >= 11 is 12.3. The van der Waals surface area contributed by atoms with Crippen molar-refractivity contribution in [2.24, 2.45) is 5.16 Å². The standard InChI is InChI=1S/C20H16Cl2N2O2/c1-2-7-26-24-19-12-6-4-3-5-11(12)8-14(19)18-13-9-15(21)16(22)10-17(13)23-20(18)25/h3-6,9-10H,2,7-8H2,1H3,(H,23,25)/b18-14+,24-19+. The van der Waals surface area contributed by atoms with Crippen LogP contribution in [0.1, 0.15) is 30.0 Å². The minimum absolute atomic E-state index is 0.177. The van der Waals surface area contributed by atoms with E-state index < -0.39 is 0 Å². The molecule has 2 aromatic carbocycles. The summed E-state index contributed by atoms with van der Waals surface area (Å²) < 4.78 is 0. The predicted molar refractivity (Wildman–Crippen MR) is 105 cm³/mol. The van der Waals surface area contributed by atoms with E-state index >= 15 is 0 Å². The third kappa shape index (κ3) is 2.79. The van der Waals surface area contributed by atoms with Crippen LogP contribution in [0.5, 0.6) is 0 Å². The molecule has 4 rings (SSSR count). The number of amides is 1. The van der Waals surface area contributed by atoms with Crippen molar-refractivity contribution < 1.29 is 9.63 Å². The summed E-state index contributed by atoms with van der Waals surface area (Å²) in [6.07, 6.45) is 1.48. The van der Waals surface area contributed by atoms with Crippen molar-refractivity contribution in [3.8, 4) is 0 Å². The van der Waals surface area contributed by atoms with Gasteiger partial charge in [0.15, 0.2) is 0 Å². The fourth-order valence-corrected chi connectivity index (χ4v) is 3.65. The molecule has 0 bridgehead atoms. The number of halogens is 2. The van der Waals surface area contributed by atoms with Crippen LogP contribution in [-0.4, -0.2) is 18.2 Å². The molecule has 1 amide bonds. The molecule has 1 aliphatic heterocycles. The van der Waals surface area contributed by atoms with Crippen molar-refractivity contribution in [1.29, 1.82) is 0 Å². The Morgan fingerprint density at radius 3 is 2.73 bits per heavy atom. The van der Waals surface area contributed by atoms with Gasteiger partial charge >= 0.3 is 0 Å². The second kappa shape index (κ2) is 6.78. The molecule has 0 unspecified atom stereocenters. The average molecular weight is 387 g/mol. The van der Waals surface area contributed by atoms with Crippen molar-refractivity contribution in [3.05, 3.63) is 68.7 Å². The number of nitrogens with one attached hydrogen (secondary N) is 1. The lowest BCUT2D eigenvalue weighted by Crippen LogP contribution is -2.10. The lowest BCUT2D eigenvalue weighted by atomic mass is 9.98. The first-order valence-corrected chi connectivity index (χ1v) is 9.18. The van der Waals surface area contributed by atoms with Gasteiger partial charge in [-0.1, -0.05) is 59.5 Å². The minimum Gasteiger partial charge on any atom is -0.395 e. The van der Waals surface area contributed by atoms with E-state index in [1.807, 2.05) is 31.2 Å². The largest absolute Gasteiger partial charge is 0.395 e. The van der Waals surface area contributed by atoms with Crippen LogP contribution in [0.4, 0.5) is 5.69 Å². The van der Waals surface area contributed by atoms with E-state index in [1.165, 1.54) is 0 Å². The number of benzene rings is 2. The molecule has 0 radical (unpaired) electrons. The van der Waals surface area contributed by atoms with Crippen molar-refractivity contribution in [1.82, 2.24) is 0 Å². The Morgan fingerprint density at radius 1 is 1.15 bits per heavy atom. The predicted octanol–water partition coefficient (Wildman–Crippen LogP) is 5.09. The molecule has 0 saturated carbocycles. The van der Waals surface area contributed by atoms with Crippen LogP contribution in [0.15, 0.2) is 47.1 Å². The van der Waals surface area contributed by atoms with Crippen molar-refractivity contribution in [3.63, 3.8) is 0 Å². The number of anilines is 1. The van der Waals surface area contributed by atoms with Crippen molar-refractivity contribution in [2.75, 3.05) is 11.9 Å². The van der Waals surface area contributed by atoms with Crippen LogP contribution in [0, 0.1) is 0 Å². The van der Waals surface area contributed by atoms with E-state index in [-0.39, 0.29) is 5.91 Å². The molecular formula is C20H16Cl2N2O2. The number of allylic oxidation sites excluding steroid dienone is 1. The van der Waals surface area contributed by atoms with Crippen molar-refractivity contribution >= 4 is 46.1 Å². The maximum atomic E-state index is 12.7. The summed E-state index contributed by atoms with van der Waals surface area (Å²) in [5, 5.41) is 8.04. The first kappa shape index (κ1) is 17.1. The SMILES string of the molecule is CCCO/N=C1/C(=C2/C(=O)Nc3cc(Cl)c(Cl)cc32)Cc2ccccc21. The second-order valence-electron chi connectivity index (χ2n) is 6.23. The fourth-order valence-electron chi connectivity index (χ4n) is 3.32. The molecule has 0 spiro atoms. The average Bonchev–Trinajstić information content (AvgIpc) is 3.12. The van der Waals surface area contributed by atoms with Gasteiger partial charge in [-0.05, 0) is 29.7 Å². The fraction of sp³-hybridized carbons (Fsp3) is 0.200. The Kier molecular flexibility index (Phi) is 4.47. The van der Waals surface area contributed by atoms with E-state index in [4.69, 9.17) is 28.0 Å². The second-order valence-corrected chi connectivity index (χ2v) is 7.04. The number of nitrogens with zero attached hydrogens (tertiary/aromatic N) is 1. The number of carbonyl (C=O) groups excluding carboxylic acids is 1. The lowest BCUT2D eigenvalue weighted by Gasteiger charge is -2.07. The molecule has 26 heavy (non-hydrogen) atoms. The van der Waals surface area contributed by atoms with Crippen LogP contribution in [-0.2, 0) is 16.1 Å². The van der Waals surface area contributed by atoms with Crippen LogP contribution < -0.4 is 5.32 Å². The van der Waals surface area contributed by atoms with E-state index in [0.29, 0.717) is 40.0 Å². The highest BCUT2D eigenvalue weighted by Crippen LogP contribution is 2.42. The topological polar surface area (TPSA) is 50.7 Å². The lowest BCUT2D eigenvalue weighted by molar-refractivity contribution is -0.110. The number of fused-ring (bicyclic) bond motifs is 2.